The number of carbonyl (C=O) groups is 2. The number of aliphatic hydroxyl groups is 1. The lowest BCUT2D eigenvalue weighted by molar-refractivity contribution is -0.282. The first-order valence-corrected chi connectivity index (χ1v) is 15.4. The average Bonchev–Trinajstić information content (AvgIpc) is 3.68. The summed E-state index contributed by atoms with van der Waals surface area (Å²) in [6.07, 6.45) is -1.06. The Hall–Kier alpha value is -2.24. The Balaban J connectivity index is 0.998. The summed E-state index contributed by atoms with van der Waals surface area (Å²) in [6.45, 7) is 4.81. The highest BCUT2D eigenvalue weighted by Gasteiger charge is 2.74. The summed E-state index contributed by atoms with van der Waals surface area (Å²) in [5.41, 5.74) is -2.86. The van der Waals surface area contributed by atoms with Crippen LogP contribution < -0.4 is 4.90 Å². The lowest BCUT2D eigenvalue weighted by atomic mass is 9.72. The first kappa shape index (κ1) is 26.6. The fraction of sp³-hybridized carbons (Fsp3) is 0.690. The van der Waals surface area contributed by atoms with Crippen LogP contribution in [-0.2, 0) is 9.59 Å². The summed E-state index contributed by atoms with van der Waals surface area (Å²) < 4.78 is 47.1. The Morgan fingerprint density at radius 2 is 1.65 bits per heavy atom. The van der Waals surface area contributed by atoms with Gasteiger partial charge in [0.25, 0.3) is 0 Å². The van der Waals surface area contributed by atoms with E-state index in [1.54, 1.807) is 0 Å². The van der Waals surface area contributed by atoms with E-state index in [-0.39, 0.29) is 18.2 Å². The number of fused-ring (bicyclic) bond motifs is 6. The highest BCUT2D eigenvalue weighted by molar-refractivity contribution is 7.13. The van der Waals surface area contributed by atoms with Gasteiger partial charge in [0.05, 0.1) is 16.5 Å². The quantitative estimate of drug-likeness (QED) is 0.539. The molecular weight excluding hydrogens is 541 g/mol. The lowest BCUT2D eigenvalue weighted by Gasteiger charge is -2.40. The van der Waals surface area contributed by atoms with Gasteiger partial charge in [0.2, 0.25) is 11.8 Å². The molecule has 7 atom stereocenters. The van der Waals surface area contributed by atoms with E-state index >= 15 is 0 Å². The van der Waals surface area contributed by atoms with Crippen molar-refractivity contribution in [1.82, 2.24) is 14.2 Å². The number of amides is 2. The van der Waals surface area contributed by atoms with Gasteiger partial charge < -0.3 is 10.0 Å². The number of hydrogen-bond donors (Lipinski definition) is 1. The third-order valence-electron chi connectivity index (χ3n) is 10.7. The Bertz CT molecular complexity index is 1310. The molecule has 7 rings (SSSR count). The van der Waals surface area contributed by atoms with Crippen LogP contribution in [0.3, 0.4) is 0 Å². The van der Waals surface area contributed by atoms with Crippen molar-refractivity contribution in [2.24, 2.45) is 35.5 Å². The van der Waals surface area contributed by atoms with Crippen LogP contribution in [0.2, 0.25) is 0 Å². The molecule has 3 heterocycles. The molecular formula is C29H35F3N4O3S. The van der Waals surface area contributed by atoms with Gasteiger partial charge in [-0.05, 0) is 67.1 Å². The predicted octanol–water partition coefficient (Wildman–Crippen LogP) is 4.16. The Kier molecular flexibility index (Phi) is 6.43. The summed E-state index contributed by atoms with van der Waals surface area (Å²) in [5, 5.41) is 11.7. The van der Waals surface area contributed by atoms with Crippen LogP contribution in [0.5, 0.6) is 0 Å². The summed E-state index contributed by atoms with van der Waals surface area (Å²) in [5.74, 6) is -2.76. The van der Waals surface area contributed by atoms with Gasteiger partial charge in [-0.3, -0.25) is 19.4 Å². The average molecular weight is 577 g/mol. The Morgan fingerprint density at radius 3 is 2.38 bits per heavy atom. The van der Waals surface area contributed by atoms with E-state index in [0.29, 0.717) is 12.5 Å². The van der Waals surface area contributed by atoms with Gasteiger partial charge >= 0.3 is 6.18 Å². The molecule has 40 heavy (non-hydrogen) atoms. The molecule has 216 valence electrons. The third-order valence-corrected chi connectivity index (χ3v) is 11.5. The summed E-state index contributed by atoms with van der Waals surface area (Å²) >= 11 is 1.53. The van der Waals surface area contributed by atoms with Crippen molar-refractivity contribution in [3.63, 3.8) is 0 Å². The highest BCUT2D eigenvalue weighted by atomic mass is 32.1. The van der Waals surface area contributed by atoms with Crippen molar-refractivity contribution in [2.75, 3.05) is 44.2 Å². The molecule has 3 aliphatic carbocycles. The zero-order valence-corrected chi connectivity index (χ0v) is 23.2. The second-order valence-electron chi connectivity index (χ2n) is 12.7. The Morgan fingerprint density at radius 1 is 0.975 bits per heavy atom. The molecule has 5 fully saturated rings. The molecule has 7 nitrogen and oxygen atoms in total. The van der Waals surface area contributed by atoms with Gasteiger partial charge in [-0.25, -0.2) is 0 Å². The van der Waals surface area contributed by atoms with Gasteiger partial charge in [0.1, 0.15) is 5.82 Å². The summed E-state index contributed by atoms with van der Waals surface area (Å²) in [7, 11) is 0. The smallest absolute Gasteiger partial charge is 0.380 e. The van der Waals surface area contributed by atoms with Crippen LogP contribution >= 0.6 is 11.5 Å². The van der Waals surface area contributed by atoms with Gasteiger partial charge in [0, 0.05) is 50.6 Å². The monoisotopic (exact) mass is 576 g/mol. The maximum absolute atomic E-state index is 13.7. The standard InChI is InChI=1S/C29H35F3N4O3S/c30-29(31,32)28(39)14-19-13-21(28)24-23(19)26(37)36(27(24)38)16-18-6-2-1-5-17(18)15-34-9-11-35(12-10-34)25-20-7-3-4-8-22(20)40-33-25/h3-4,7-8,17-19,21,23-24,39H,1-2,5-6,9-16H2/t17?,18-,19-,21-,23-,24+,28-/m0/s1. The van der Waals surface area contributed by atoms with Crippen molar-refractivity contribution in [1.29, 1.82) is 0 Å². The van der Waals surface area contributed by atoms with Crippen molar-refractivity contribution in [3.05, 3.63) is 24.3 Å². The molecule has 3 saturated carbocycles. The zero-order chi connectivity index (χ0) is 27.8. The number of carbonyl (C=O) groups excluding carboxylic acids is 2. The van der Waals surface area contributed by atoms with Gasteiger partial charge in [0.15, 0.2) is 5.60 Å². The van der Waals surface area contributed by atoms with E-state index in [4.69, 9.17) is 4.37 Å². The first-order chi connectivity index (χ1) is 19.2. The number of aromatic nitrogens is 1. The minimum atomic E-state index is -4.79. The number of piperazine rings is 1. The van der Waals surface area contributed by atoms with Gasteiger partial charge in [-0.2, -0.15) is 17.5 Å². The third kappa shape index (κ3) is 4.09. The number of alkyl halides is 3. The Labute approximate surface area is 235 Å². The van der Waals surface area contributed by atoms with Crippen LogP contribution in [-0.4, -0.2) is 82.1 Å². The molecule has 1 unspecified atom stereocenters. The summed E-state index contributed by atoms with van der Waals surface area (Å²) in [6, 6.07) is 8.30. The van der Waals surface area contributed by atoms with Crippen LogP contribution in [0.1, 0.15) is 38.5 Å². The molecule has 1 N–H and O–H groups in total. The number of anilines is 1. The highest BCUT2D eigenvalue weighted by Crippen LogP contribution is 2.64. The SMILES string of the molecule is O=C1[C@H]2[C@H]3C[C@@H]([C@H]2C(=O)N1C[C@@H]1CCCCC1CN1CCN(c2nsc4ccccc24)CC1)[C@](O)(C(F)(F)F)C3. The minimum absolute atomic E-state index is 0.103. The van der Waals surface area contributed by atoms with Crippen LogP contribution in [0.15, 0.2) is 24.3 Å². The first-order valence-electron chi connectivity index (χ1n) is 14.6. The number of rotatable bonds is 5. The van der Waals surface area contributed by atoms with Crippen molar-refractivity contribution < 1.29 is 27.9 Å². The number of likely N-dealkylation sites (tertiary alicyclic amines) is 1. The second-order valence-corrected chi connectivity index (χ2v) is 13.5. The fourth-order valence-electron chi connectivity index (χ4n) is 8.65. The number of hydrogen-bond acceptors (Lipinski definition) is 7. The van der Waals surface area contributed by atoms with Crippen molar-refractivity contribution in [2.45, 2.75) is 50.3 Å². The van der Waals surface area contributed by atoms with E-state index in [9.17, 15) is 27.9 Å². The van der Waals surface area contributed by atoms with Crippen LogP contribution in [0.4, 0.5) is 19.0 Å². The zero-order valence-electron chi connectivity index (χ0n) is 22.4. The molecule has 2 aromatic rings. The van der Waals surface area contributed by atoms with Crippen LogP contribution in [0.25, 0.3) is 10.1 Å². The number of imide groups is 1. The van der Waals surface area contributed by atoms with Crippen LogP contribution in [0, 0.1) is 35.5 Å². The van der Waals surface area contributed by atoms with Crippen molar-refractivity contribution in [3.8, 4) is 0 Å². The maximum atomic E-state index is 13.7. The maximum Gasteiger partial charge on any atom is 0.417 e. The number of halogens is 3. The van der Waals surface area contributed by atoms with Gasteiger partial charge in [-0.1, -0.05) is 25.0 Å². The van der Waals surface area contributed by atoms with E-state index in [2.05, 4.69) is 21.9 Å². The van der Waals surface area contributed by atoms with Crippen molar-refractivity contribution >= 4 is 39.3 Å². The minimum Gasteiger partial charge on any atom is -0.380 e. The molecule has 2 amide bonds. The summed E-state index contributed by atoms with van der Waals surface area (Å²) in [4.78, 5) is 32.9. The molecule has 0 radical (unpaired) electrons. The molecule has 1 aromatic carbocycles. The molecule has 1 aromatic heterocycles. The van der Waals surface area contributed by atoms with E-state index in [1.165, 1.54) is 26.5 Å². The second kappa shape index (κ2) is 9.66. The predicted molar refractivity (Wildman–Crippen MR) is 145 cm³/mol. The van der Waals surface area contributed by atoms with E-state index in [1.807, 2.05) is 12.1 Å². The van der Waals surface area contributed by atoms with E-state index < -0.39 is 47.8 Å². The fourth-order valence-corrected chi connectivity index (χ4v) is 9.44. The molecule has 2 bridgehead atoms. The largest absolute Gasteiger partial charge is 0.417 e. The lowest BCUT2D eigenvalue weighted by Crippen LogP contribution is -2.54. The van der Waals surface area contributed by atoms with E-state index in [0.717, 1.165) is 64.2 Å². The van der Waals surface area contributed by atoms with Gasteiger partial charge in [-0.15, -0.1) is 0 Å². The molecule has 11 heteroatoms. The molecule has 0 spiro atoms. The topological polar surface area (TPSA) is 77.0 Å². The normalized spacial score (nSPS) is 36.7. The number of benzene rings is 1. The molecule has 2 saturated heterocycles. The molecule has 5 aliphatic rings. The number of nitrogens with zero attached hydrogens (tertiary/aromatic N) is 4. The molecule has 2 aliphatic heterocycles.